The third kappa shape index (κ3) is 3.65. The zero-order valence-corrected chi connectivity index (χ0v) is 17.2. The average Bonchev–Trinajstić information content (AvgIpc) is 3.47. The van der Waals surface area contributed by atoms with Gasteiger partial charge in [-0.05, 0) is 50.0 Å². The van der Waals surface area contributed by atoms with Gasteiger partial charge in [-0.15, -0.1) is 0 Å². The van der Waals surface area contributed by atoms with E-state index >= 15 is 0 Å². The Hall–Kier alpha value is -2.03. The number of hydrogen-bond acceptors (Lipinski definition) is 7. The molecule has 0 bridgehead atoms. The van der Waals surface area contributed by atoms with Crippen molar-refractivity contribution >= 4 is 5.82 Å². The van der Waals surface area contributed by atoms with Crippen LogP contribution in [0.4, 0.5) is 5.82 Å². The van der Waals surface area contributed by atoms with Crippen LogP contribution in [0.2, 0.25) is 0 Å². The Labute approximate surface area is 171 Å². The topological polar surface area (TPSA) is 91.1 Å². The minimum absolute atomic E-state index is 0.191. The number of hydrazine groups is 1. The number of anilines is 1. The van der Waals surface area contributed by atoms with Crippen LogP contribution >= 0.6 is 0 Å². The van der Waals surface area contributed by atoms with E-state index in [4.69, 9.17) is 0 Å². The summed E-state index contributed by atoms with van der Waals surface area (Å²) in [4.78, 5) is 11.4. The summed E-state index contributed by atoms with van der Waals surface area (Å²) in [5, 5.41) is 14.3. The standard InChI is InChI=1S/C21H31N7O/c1-13(29)15-5-6-28(11-15)20-8-19(22-12-23-20)21-17-7-14(3-4-18(17)25-26-21)16-9-24-27(2)10-16/h8-10,12-15,17-18,21,25-26,29H,3-7,11H2,1-2H3. The molecule has 6 atom stereocenters. The number of hydrogen-bond donors (Lipinski definition) is 3. The molecule has 2 aromatic rings. The van der Waals surface area contributed by atoms with Gasteiger partial charge in [-0.3, -0.25) is 10.1 Å². The van der Waals surface area contributed by atoms with Crippen LogP contribution < -0.4 is 15.8 Å². The highest BCUT2D eigenvalue weighted by molar-refractivity contribution is 5.41. The Balaban J connectivity index is 1.33. The second-order valence-electron chi connectivity index (χ2n) is 9.03. The van der Waals surface area contributed by atoms with Crippen molar-refractivity contribution in [2.45, 2.75) is 56.7 Å². The van der Waals surface area contributed by atoms with Gasteiger partial charge in [-0.2, -0.15) is 5.10 Å². The molecule has 3 aliphatic rings. The lowest BCUT2D eigenvalue weighted by atomic mass is 9.73. The molecule has 8 nitrogen and oxygen atoms in total. The van der Waals surface area contributed by atoms with Gasteiger partial charge in [0.05, 0.1) is 24.0 Å². The zero-order valence-electron chi connectivity index (χ0n) is 17.2. The van der Waals surface area contributed by atoms with Crippen LogP contribution in [0.25, 0.3) is 0 Å². The van der Waals surface area contributed by atoms with Gasteiger partial charge in [0.15, 0.2) is 0 Å². The predicted molar refractivity (Wildman–Crippen MR) is 110 cm³/mol. The fraction of sp³-hybridized carbons (Fsp3) is 0.667. The molecule has 3 fully saturated rings. The quantitative estimate of drug-likeness (QED) is 0.720. The van der Waals surface area contributed by atoms with Gasteiger partial charge >= 0.3 is 0 Å². The summed E-state index contributed by atoms with van der Waals surface area (Å²) in [5.74, 6) is 2.35. The molecule has 0 radical (unpaired) electrons. The van der Waals surface area contributed by atoms with Crippen molar-refractivity contribution in [2.24, 2.45) is 18.9 Å². The summed E-state index contributed by atoms with van der Waals surface area (Å²) in [6.45, 7) is 3.69. The first-order valence-electron chi connectivity index (χ1n) is 10.8. The van der Waals surface area contributed by atoms with Gasteiger partial charge in [0, 0.05) is 44.4 Å². The second-order valence-corrected chi connectivity index (χ2v) is 9.03. The lowest BCUT2D eigenvalue weighted by Gasteiger charge is -2.32. The van der Waals surface area contributed by atoms with E-state index in [0.29, 0.717) is 23.8 Å². The van der Waals surface area contributed by atoms with E-state index in [9.17, 15) is 5.11 Å². The van der Waals surface area contributed by atoms with E-state index in [1.165, 1.54) is 12.0 Å². The van der Waals surface area contributed by atoms with E-state index in [1.54, 1.807) is 6.33 Å². The lowest BCUT2D eigenvalue weighted by Crippen LogP contribution is -2.34. The number of aromatic nitrogens is 4. The van der Waals surface area contributed by atoms with E-state index < -0.39 is 0 Å². The van der Waals surface area contributed by atoms with Crippen LogP contribution in [0.5, 0.6) is 0 Å². The molecule has 6 unspecified atom stereocenters. The molecule has 0 amide bonds. The van der Waals surface area contributed by atoms with Gasteiger partial charge in [-0.25, -0.2) is 15.4 Å². The maximum absolute atomic E-state index is 9.91. The molecule has 2 aliphatic heterocycles. The third-order valence-electron chi connectivity index (χ3n) is 7.17. The van der Waals surface area contributed by atoms with Crippen LogP contribution in [0.15, 0.2) is 24.8 Å². The van der Waals surface area contributed by atoms with Gasteiger partial charge in [0.1, 0.15) is 12.1 Å². The number of aliphatic hydroxyl groups excluding tert-OH is 1. The molecule has 1 aliphatic carbocycles. The SMILES string of the molecule is CC(O)C1CCN(c2cc(C3NNC4CCC(c5cnn(C)c5)CC43)ncn2)C1. The van der Waals surface area contributed by atoms with E-state index in [1.807, 2.05) is 24.9 Å². The van der Waals surface area contributed by atoms with Crippen molar-refractivity contribution in [3.8, 4) is 0 Å². The number of fused-ring (bicyclic) bond motifs is 1. The maximum Gasteiger partial charge on any atom is 0.132 e. The van der Waals surface area contributed by atoms with Crippen LogP contribution in [0.1, 0.15) is 55.8 Å². The van der Waals surface area contributed by atoms with Crippen molar-refractivity contribution in [3.05, 3.63) is 36.0 Å². The summed E-state index contributed by atoms with van der Waals surface area (Å²) in [6, 6.07) is 2.81. The molecular weight excluding hydrogens is 366 g/mol. The number of nitrogens with zero attached hydrogens (tertiary/aromatic N) is 5. The van der Waals surface area contributed by atoms with E-state index in [-0.39, 0.29) is 12.1 Å². The highest BCUT2D eigenvalue weighted by Gasteiger charge is 2.42. The van der Waals surface area contributed by atoms with Crippen LogP contribution in [0.3, 0.4) is 0 Å². The Bertz CT molecular complexity index is 853. The molecule has 2 saturated heterocycles. The molecule has 156 valence electrons. The molecule has 29 heavy (non-hydrogen) atoms. The second kappa shape index (κ2) is 7.66. The van der Waals surface area contributed by atoms with Crippen LogP contribution in [-0.4, -0.2) is 50.1 Å². The molecule has 8 heteroatoms. The average molecular weight is 398 g/mol. The van der Waals surface area contributed by atoms with Crippen molar-refractivity contribution < 1.29 is 5.11 Å². The van der Waals surface area contributed by atoms with E-state index in [0.717, 1.165) is 43.9 Å². The smallest absolute Gasteiger partial charge is 0.132 e. The Kier molecular flexibility index (Phi) is 5.01. The monoisotopic (exact) mass is 397 g/mol. The summed E-state index contributed by atoms with van der Waals surface area (Å²) in [6.07, 6.45) is 10.1. The number of aliphatic hydroxyl groups is 1. The highest BCUT2D eigenvalue weighted by atomic mass is 16.3. The largest absolute Gasteiger partial charge is 0.393 e. The van der Waals surface area contributed by atoms with Gasteiger partial charge < -0.3 is 10.0 Å². The van der Waals surface area contributed by atoms with Crippen molar-refractivity contribution in [1.82, 2.24) is 30.6 Å². The molecule has 0 aromatic carbocycles. The number of aryl methyl sites for hydroxylation is 1. The zero-order chi connectivity index (χ0) is 20.0. The Morgan fingerprint density at radius 3 is 2.86 bits per heavy atom. The summed E-state index contributed by atoms with van der Waals surface area (Å²) in [7, 11) is 1.99. The van der Waals surface area contributed by atoms with Gasteiger partial charge in [-0.1, -0.05) is 0 Å². The molecule has 2 aromatic heterocycles. The third-order valence-corrected chi connectivity index (χ3v) is 7.17. The molecule has 3 N–H and O–H groups in total. The Morgan fingerprint density at radius 1 is 1.21 bits per heavy atom. The first-order valence-corrected chi connectivity index (χ1v) is 10.8. The van der Waals surface area contributed by atoms with Crippen molar-refractivity contribution in [2.75, 3.05) is 18.0 Å². The van der Waals surface area contributed by atoms with Crippen molar-refractivity contribution in [1.29, 1.82) is 0 Å². The summed E-state index contributed by atoms with van der Waals surface area (Å²) < 4.78 is 1.90. The molecule has 1 saturated carbocycles. The summed E-state index contributed by atoms with van der Waals surface area (Å²) in [5.41, 5.74) is 9.44. The Morgan fingerprint density at radius 2 is 2.10 bits per heavy atom. The van der Waals surface area contributed by atoms with Crippen LogP contribution in [-0.2, 0) is 7.05 Å². The number of nitrogens with one attached hydrogen (secondary N) is 2. The minimum atomic E-state index is -0.269. The molecular formula is C21H31N7O. The number of rotatable bonds is 4. The first-order chi connectivity index (χ1) is 14.1. The predicted octanol–water partition coefficient (Wildman–Crippen LogP) is 1.52. The lowest BCUT2D eigenvalue weighted by molar-refractivity contribution is 0.136. The van der Waals surface area contributed by atoms with Gasteiger partial charge in [0.2, 0.25) is 0 Å². The van der Waals surface area contributed by atoms with Crippen molar-refractivity contribution in [3.63, 3.8) is 0 Å². The maximum atomic E-state index is 9.91. The van der Waals surface area contributed by atoms with Crippen LogP contribution in [0, 0.1) is 11.8 Å². The minimum Gasteiger partial charge on any atom is -0.393 e. The van der Waals surface area contributed by atoms with Gasteiger partial charge in [0.25, 0.3) is 0 Å². The fourth-order valence-electron chi connectivity index (χ4n) is 5.40. The molecule has 0 spiro atoms. The fourth-order valence-corrected chi connectivity index (χ4v) is 5.40. The molecule has 4 heterocycles. The molecule has 5 rings (SSSR count). The first kappa shape index (κ1) is 19.0. The normalized spacial score (nSPS) is 33.1. The van der Waals surface area contributed by atoms with E-state index in [2.05, 4.69) is 43.1 Å². The highest BCUT2D eigenvalue weighted by Crippen LogP contribution is 2.43. The summed E-state index contributed by atoms with van der Waals surface area (Å²) >= 11 is 0.